The minimum absolute atomic E-state index is 0.0942. The summed E-state index contributed by atoms with van der Waals surface area (Å²) in [5.74, 6) is 0.228. The Labute approximate surface area is 141 Å². The second-order valence-electron chi connectivity index (χ2n) is 6.07. The Morgan fingerprint density at radius 3 is 2.70 bits per heavy atom. The molecule has 2 heterocycles. The molecular formula is C18H23N3OS. The van der Waals surface area contributed by atoms with Gasteiger partial charge in [-0.2, -0.15) is 0 Å². The highest BCUT2D eigenvalue weighted by Crippen LogP contribution is 2.25. The van der Waals surface area contributed by atoms with E-state index < -0.39 is 0 Å². The molecule has 122 valence electrons. The third-order valence-electron chi connectivity index (χ3n) is 4.23. The summed E-state index contributed by atoms with van der Waals surface area (Å²) in [6, 6.07) is 10.3. The smallest absolute Gasteiger partial charge is 0.235 e. The topological polar surface area (TPSA) is 49.0 Å². The number of carbonyl (C=O) groups excluding carboxylic acids is 1. The molecule has 0 unspecified atom stereocenters. The summed E-state index contributed by atoms with van der Waals surface area (Å²) < 4.78 is 0. The van der Waals surface area contributed by atoms with Gasteiger partial charge in [0.05, 0.1) is 10.9 Å². The minimum Gasteiger partial charge on any atom is -0.342 e. The van der Waals surface area contributed by atoms with Crippen LogP contribution in [-0.2, 0) is 11.2 Å². The van der Waals surface area contributed by atoms with Crippen LogP contribution in [0.4, 0.5) is 0 Å². The number of nitrogens with one attached hydrogen (secondary N) is 1. The van der Waals surface area contributed by atoms with Crippen molar-refractivity contribution < 1.29 is 4.79 Å². The Hall–Kier alpha value is -1.75. The standard InChI is InChI=1S/C18H23N3OS/c1-13-16(12-15-8-4-3-5-9-15)20-18(19-13)23-14(2)17(22)21-10-6-7-11-21/h3-5,8-9,14H,6-7,10-12H2,1-2H3,(H,19,20)/t14-/m0/s1. The number of H-pyrrole nitrogens is 1. The number of aromatic amines is 1. The number of hydrogen-bond donors (Lipinski definition) is 1. The Bertz CT molecular complexity index is 662. The highest BCUT2D eigenvalue weighted by atomic mass is 32.2. The van der Waals surface area contributed by atoms with Crippen molar-refractivity contribution in [3.05, 3.63) is 47.3 Å². The molecule has 0 aliphatic carbocycles. The van der Waals surface area contributed by atoms with Gasteiger partial charge >= 0.3 is 0 Å². The zero-order valence-electron chi connectivity index (χ0n) is 13.7. The fourth-order valence-electron chi connectivity index (χ4n) is 2.90. The van der Waals surface area contributed by atoms with Crippen LogP contribution in [0.5, 0.6) is 0 Å². The van der Waals surface area contributed by atoms with E-state index in [1.54, 1.807) is 0 Å². The van der Waals surface area contributed by atoms with E-state index in [1.165, 1.54) is 17.3 Å². The number of rotatable bonds is 5. The van der Waals surface area contributed by atoms with Gasteiger partial charge in [-0.05, 0) is 32.3 Å². The monoisotopic (exact) mass is 329 g/mol. The normalized spacial score (nSPS) is 15.8. The Balaban J connectivity index is 1.64. The van der Waals surface area contributed by atoms with Crippen molar-refractivity contribution in [2.24, 2.45) is 0 Å². The number of amides is 1. The molecule has 0 saturated carbocycles. The van der Waals surface area contributed by atoms with Crippen LogP contribution in [0.1, 0.15) is 36.7 Å². The molecule has 0 radical (unpaired) electrons. The molecule has 23 heavy (non-hydrogen) atoms. The van der Waals surface area contributed by atoms with Gasteiger partial charge in [0.25, 0.3) is 0 Å². The number of hydrogen-bond acceptors (Lipinski definition) is 3. The molecule has 1 amide bonds. The Morgan fingerprint density at radius 2 is 2.00 bits per heavy atom. The largest absolute Gasteiger partial charge is 0.342 e. The van der Waals surface area contributed by atoms with E-state index in [4.69, 9.17) is 4.98 Å². The van der Waals surface area contributed by atoms with E-state index >= 15 is 0 Å². The summed E-state index contributed by atoms with van der Waals surface area (Å²) in [4.78, 5) is 22.4. The number of benzene rings is 1. The lowest BCUT2D eigenvalue weighted by Crippen LogP contribution is -2.34. The van der Waals surface area contributed by atoms with Crippen molar-refractivity contribution in [1.29, 1.82) is 0 Å². The van der Waals surface area contributed by atoms with Crippen LogP contribution in [0, 0.1) is 6.92 Å². The van der Waals surface area contributed by atoms with E-state index in [0.29, 0.717) is 0 Å². The summed E-state index contributed by atoms with van der Waals surface area (Å²) >= 11 is 1.53. The van der Waals surface area contributed by atoms with Crippen molar-refractivity contribution in [3.8, 4) is 0 Å². The Morgan fingerprint density at radius 1 is 1.30 bits per heavy atom. The van der Waals surface area contributed by atoms with E-state index in [9.17, 15) is 4.79 Å². The van der Waals surface area contributed by atoms with Crippen LogP contribution in [-0.4, -0.2) is 39.1 Å². The fourth-order valence-corrected chi connectivity index (χ4v) is 3.86. The third kappa shape index (κ3) is 3.96. The molecule has 0 bridgehead atoms. The number of imidazole rings is 1. The van der Waals surface area contributed by atoms with Crippen molar-refractivity contribution in [2.75, 3.05) is 13.1 Å². The summed E-state index contributed by atoms with van der Waals surface area (Å²) in [6.45, 7) is 5.82. The zero-order chi connectivity index (χ0) is 16.2. The molecule has 1 fully saturated rings. The number of aromatic nitrogens is 2. The molecule has 1 aliphatic heterocycles. The van der Waals surface area contributed by atoms with Gasteiger partial charge in [-0.1, -0.05) is 42.1 Å². The minimum atomic E-state index is -0.0942. The maximum Gasteiger partial charge on any atom is 0.235 e. The average molecular weight is 329 g/mol. The number of likely N-dealkylation sites (tertiary alicyclic amines) is 1. The highest BCUT2D eigenvalue weighted by Gasteiger charge is 2.25. The van der Waals surface area contributed by atoms with Gasteiger partial charge in [0, 0.05) is 25.2 Å². The van der Waals surface area contributed by atoms with Crippen LogP contribution in [0.2, 0.25) is 0 Å². The quantitative estimate of drug-likeness (QED) is 0.855. The second kappa shape index (κ2) is 7.21. The van der Waals surface area contributed by atoms with E-state index in [1.807, 2.05) is 36.9 Å². The lowest BCUT2D eigenvalue weighted by Gasteiger charge is -2.19. The van der Waals surface area contributed by atoms with Gasteiger partial charge in [0.1, 0.15) is 0 Å². The van der Waals surface area contributed by atoms with Crippen LogP contribution in [0.25, 0.3) is 0 Å². The first-order chi connectivity index (χ1) is 11.1. The van der Waals surface area contributed by atoms with Crippen LogP contribution in [0.15, 0.2) is 35.5 Å². The van der Waals surface area contributed by atoms with Crippen LogP contribution < -0.4 is 0 Å². The molecule has 0 spiro atoms. The maximum atomic E-state index is 12.4. The van der Waals surface area contributed by atoms with Gasteiger partial charge in [0.15, 0.2) is 5.16 Å². The van der Waals surface area contributed by atoms with Crippen molar-refractivity contribution >= 4 is 17.7 Å². The molecule has 1 saturated heterocycles. The van der Waals surface area contributed by atoms with Crippen molar-refractivity contribution in [3.63, 3.8) is 0 Å². The number of nitrogens with zero attached hydrogens (tertiary/aromatic N) is 2. The molecule has 1 aliphatic rings. The van der Waals surface area contributed by atoms with Gasteiger partial charge in [-0.3, -0.25) is 4.79 Å². The Kier molecular flexibility index (Phi) is 5.06. The number of thioether (sulfide) groups is 1. The van der Waals surface area contributed by atoms with E-state index in [-0.39, 0.29) is 11.2 Å². The van der Waals surface area contributed by atoms with E-state index in [2.05, 4.69) is 17.1 Å². The van der Waals surface area contributed by atoms with Crippen molar-refractivity contribution in [1.82, 2.24) is 14.9 Å². The predicted octanol–water partition coefficient (Wildman–Crippen LogP) is 3.41. The first-order valence-corrected chi connectivity index (χ1v) is 9.06. The first kappa shape index (κ1) is 16.1. The molecule has 2 aromatic rings. The average Bonchev–Trinajstić information content (AvgIpc) is 3.18. The molecule has 1 atom stereocenters. The van der Waals surface area contributed by atoms with Crippen molar-refractivity contribution in [2.45, 2.75) is 43.5 Å². The van der Waals surface area contributed by atoms with E-state index in [0.717, 1.165) is 48.9 Å². The second-order valence-corrected chi connectivity index (χ2v) is 7.40. The summed E-state index contributed by atoms with van der Waals surface area (Å²) in [5, 5.41) is 0.747. The maximum absolute atomic E-state index is 12.4. The lowest BCUT2D eigenvalue weighted by molar-refractivity contribution is -0.129. The molecule has 1 N–H and O–H groups in total. The predicted molar refractivity (Wildman–Crippen MR) is 93.7 cm³/mol. The molecule has 1 aromatic heterocycles. The van der Waals surface area contributed by atoms with Crippen LogP contribution in [0.3, 0.4) is 0 Å². The SMILES string of the molecule is Cc1[nH]c(S[C@@H](C)C(=O)N2CCCC2)nc1Cc1ccccc1. The fraction of sp³-hybridized carbons (Fsp3) is 0.444. The molecule has 3 rings (SSSR count). The van der Waals surface area contributed by atoms with Gasteiger partial charge in [0.2, 0.25) is 5.91 Å². The number of carbonyl (C=O) groups is 1. The summed E-state index contributed by atoms with van der Waals surface area (Å²) in [6.07, 6.45) is 3.08. The lowest BCUT2D eigenvalue weighted by atomic mass is 10.1. The van der Waals surface area contributed by atoms with Crippen LogP contribution >= 0.6 is 11.8 Å². The summed E-state index contributed by atoms with van der Waals surface area (Å²) in [7, 11) is 0. The highest BCUT2D eigenvalue weighted by molar-refractivity contribution is 8.00. The first-order valence-electron chi connectivity index (χ1n) is 8.18. The summed E-state index contributed by atoms with van der Waals surface area (Å²) in [5.41, 5.74) is 3.39. The van der Waals surface area contributed by atoms with Gasteiger partial charge in [-0.15, -0.1) is 0 Å². The van der Waals surface area contributed by atoms with Gasteiger partial charge in [-0.25, -0.2) is 4.98 Å². The molecule has 5 heteroatoms. The van der Waals surface area contributed by atoms with Gasteiger partial charge < -0.3 is 9.88 Å². The number of aryl methyl sites for hydroxylation is 1. The molecular weight excluding hydrogens is 306 g/mol. The molecule has 1 aromatic carbocycles. The molecule has 4 nitrogen and oxygen atoms in total. The zero-order valence-corrected chi connectivity index (χ0v) is 14.5. The third-order valence-corrected chi connectivity index (χ3v) is 5.20.